The van der Waals surface area contributed by atoms with Crippen LogP contribution in [-0.4, -0.2) is 17.5 Å². The molecule has 5 rings (SSSR count). The summed E-state index contributed by atoms with van der Waals surface area (Å²) in [6.45, 7) is 1.08. The zero-order chi connectivity index (χ0) is 29.1. The number of hydrogen-bond donors (Lipinski definition) is 1. The average Bonchev–Trinajstić information content (AvgIpc) is 3.02. The second-order valence-electron chi connectivity index (χ2n) is 10.1. The third-order valence-electron chi connectivity index (χ3n) is 7.07. The third kappa shape index (κ3) is 7.82. The normalized spacial score (nSPS) is 10.8. The van der Waals surface area contributed by atoms with Gasteiger partial charge >= 0.3 is 6.03 Å². The van der Waals surface area contributed by atoms with E-state index in [0.29, 0.717) is 25.3 Å². The molecule has 6 heteroatoms. The van der Waals surface area contributed by atoms with Gasteiger partial charge in [-0.2, -0.15) is 0 Å². The maximum Gasteiger partial charge on any atom is 0.322 e. The van der Waals surface area contributed by atoms with Crippen molar-refractivity contribution in [1.29, 1.82) is 0 Å². The molecule has 0 bridgehead atoms. The summed E-state index contributed by atoms with van der Waals surface area (Å²) in [7, 11) is 0. The number of nitrogens with zero attached hydrogens (tertiary/aromatic N) is 1. The van der Waals surface area contributed by atoms with Gasteiger partial charge in [0.1, 0.15) is 24.0 Å². The van der Waals surface area contributed by atoms with Crippen LogP contribution in [0.5, 0.6) is 5.75 Å². The van der Waals surface area contributed by atoms with Crippen molar-refractivity contribution >= 4 is 11.7 Å². The molecular weight excluding hydrogens is 530 g/mol. The molecule has 0 aliphatic carbocycles. The monoisotopic (exact) mass is 562 g/mol. The van der Waals surface area contributed by atoms with E-state index in [2.05, 4.69) is 29.6 Å². The number of amides is 2. The number of ether oxygens (including phenoxy) is 1. The van der Waals surface area contributed by atoms with Gasteiger partial charge in [0.15, 0.2) is 0 Å². The van der Waals surface area contributed by atoms with E-state index in [1.165, 1.54) is 6.07 Å². The smallest absolute Gasteiger partial charge is 0.322 e. The molecule has 0 spiro atoms. The van der Waals surface area contributed by atoms with E-state index >= 15 is 0 Å². The predicted molar refractivity (Wildman–Crippen MR) is 162 cm³/mol. The van der Waals surface area contributed by atoms with Crippen LogP contribution < -0.4 is 10.1 Å². The molecule has 0 saturated carbocycles. The topological polar surface area (TPSA) is 41.6 Å². The fourth-order valence-corrected chi connectivity index (χ4v) is 4.91. The van der Waals surface area contributed by atoms with Crippen molar-refractivity contribution in [3.8, 4) is 5.75 Å². The summed E-state index contributed by atoms with van der Waals surface area (Å²) < 4.78 is 33.9. The molecule has 1 N–H and O–H groups in total. The summed E-state index contributed by atoms with van der Waals surface area (Å²) in [6.07, 6.45) is 0.636. The molecule has 0 aromatic heterocycles. The van der Waals surface area contributed by atoms with E-state index in [1.54, 1.807) is 4.90 Å². The maximum absolute atomic E-state index is 14.4. The van der Waals surface area contributed by atoms with Crippen LogP contribution in [0.3, 0.4) is 0 Å². The standard InChI is InChI=1S/C36H32F2N2O2/c37-31-19-20-35(34(38)24-31)39-36(41)40(22-21-33(29-14-6-2-7-15-29)30-16-8-3-9-17-30)25-28-13-10-18-32(23-28)42-26-27-11-4-1-5-12-27/h1-20,23-24,33H,21-22,25-26H2,(H,39,41). The minimum atomic E-state index is -0.828. The number of urea groups is 1. The lowest BCUT2D eigenvalue weighted by Gasteiger charge is -2.27. The third-order valence-corrected chi connectivity index (χ3v) is 7.07. The Bertz CT molecular complexity index is 1540. The minimum Gasteiger partial charge on any atom is -0.489 e. The first-order valence-electron chi connectivity index (χ1n) is 13.9. The number of hydrogen-bond acceptors (Lipinski definition) is 2. The van der Waals surface area contributed by atoms with E-state index in [0.717, 1.165) is 34.4 Å². The fraction of sp³-hybridized carbons (Fsp3) is 0.139. The lowest BCUT2D eigenvalue weighted by molar-refractivity contribution is 0.207. The first-order chi connectivity index (χ1) is 20.5. The molecule has 0 saturated heterocycles. The van der Waals surface area contributed by atoms with Gasteiger partial charge in [0.05, 0.1) is 5.69 Å². The SMILES string of the molecule is O=C(Nc1ccc(F)cc1F)N(CCC(c1ccccc1)c1ccccc1)Cc1cccc(OCc2ccccc2)c1. The van der Waals surface area contributed by atoms with Crippen molar-refractivity contribution in [3.05, 3.63) is 167 Å². The number of anilines is 1. The highest BCUT2D eigenvalue weighted by atomic mass is 19.1. The van der Waals surface area contributed by atoms with Crippen molar-refractivity contribution in [2.24, 2.45) is 0 Å². The van der Waals surface area contributed by atoms with E-state index in [4.69, 9.17) is 4.74 Å². The first-order valence-corrected chi connectivity index (χ1v) is 13.9. The molecule has 42 heavy (non-hydrogen) atoms. The van der Waals surface area contributed by atoms with Crippen molar-refractivity contribution < 1.29 is 18.3 Å². The molecule has 5 aromatic carbocycles. The Morgan fingerprint density at radius 1 is 0.714 bits per heavy atom. The van der Waals surface area contributed by atoms with Gasteiger partial charge in [0, 0.05) is 25.1 Å². The number of benzene rings is 5. The van der Waals surface area contributed by atoms with E-state index in [9.17, 15) is 13.6 Å². The van der Waals surface area contributed by atoms with Gasteiger partial charge in [0.25, 0.3) is 0 Å². The summed E-state index contributed by atoms with van der Waals surface area (Å²) in [5, 5.41) is 2.64. The van der Waals surface area contributed by atoms with Crippen LogP contribution in [0.4, 0.5) is 19.3 Å². The number of carbonyl (C=O) groups excluding carboxylic acids is 1. The quantitative estimate of drug-likeness (QED) is 0.175. The Hall–Kier alpha value is -4.97. The van der Waals surface area contributed by atoms with E-state index in [1.807, 2.05) is 91.0 Å². The van der Waals surface area contributed by atoms with Crippen molar-refractivity contribution in [2.45, 2.75) is 25.5 Å². The van der Waals surface area contributed by atoms with Crippen LogP contribution >= 0.6 is 0 Å². The number of halogens is 2. The molecule has 0 heterocycles. The molecule has 0 atom stereocenters. The molecule has 2 amide bonds. The molecule has 0 aliphatic rings. The lowest BCUT2D eigenvalue weighted by atomic mass is 9.88. The van der Waals surface area contributed by atoms with Gasteiger partial charge in [-0.05, 0) is 52.9 Å². The highest BCUT2D eigenvalue weighted by Crippen LogP contribution is 2.29. The highest BCUT2D eigenvalue weighted by Gasteiger charge is 2.21. The van der Waals surface area contributed by atoms with Crippen molar-refractivity contribution in [2.75, 3.05) is 11.9 Å². The second-order valence-corrected chi connectivity index (χ2v) is 10.1. The van der Waals surface area contributed by atoms with Gasteiger partial charge in [-0.25, -0.2) is 13.6 Å². The molecule has 0 aliphatic heterocycles. The fourth-order valence-electron chi connectivity index (χ4n) is 4.91. The summed E-state index contributed by atoms with van der Waals surface area (Å²) >= 11 is 0. The van der Waals surface area contributed by atoms with Crippen LogP contribution in [0.2, 0.25) is 0 Å². The second kappa shape index (κ2) is 14.1. The Labute approximate surface area is 245 Å². The molecule has 212 valence electrons. The van der Waals surface area contributed by atoms with Crippen molar-refractivity contribution in [3.63, 3.8) is 0 Å². The average molecular weight is 563 g/mol. The van der Waals surface area contributed by atoms with Crippen LogP contribution in [0.15, 0.2) is 133 Å². The predicted octanol–water partition coefficient (Wildman–Crippen LogP) is 8.80. The Kier molecular flexibility index (Phi) is 9.57. The van der Waals surface area contributed by atoms with E-state index < -0.39 is 17.7 Å². The number of carbonyl (C=O) groups is 1. The minimum absolute atomic E-state index is 0.0470. The number of nitrogens with one attached hydrogen (secondary N) is 1. The van der Waals surface area contributed by atoms with E-state index in [-0.39, 0.29) is 18.2 Å². The van der Waals surface area contributed by atoms with Crippen LogP contribution in [-0.2, 0) is 13.2 Å². The molecule has 0 fully saturated rings. The Morgan fingerprint density at radius 3 is 1.98 bits per heavy atom. The van der Waals surface area contributed by atoms with Gasteiger partial charge in [-0.15, -0.1) is 0 Å². The van der Waals surface area contributed by atoms with Gasteiger partial charge in [-0.3, -0.25) is 0 Å². The van der Waals surface area contributed by atoms with Gasteiger partial charge in [-0.1, -0.05) is 103 Å². The highest BCUT2D eigenvalue weighted by molar-refractivity contribution is 5.89. The summed E-state index contributed by atoms with van der Waals surface area (Å²) in [4.78, 5) is 15.2. The van der Waals surface area contributed by atoms with Crippen LogP contribution in [0.1, 0.15) is 34.6 Å². The molecular formula is C36H32F2N2O2. The van der Waals surface area contributed by atoms with Crippen LogP contribution in [0.25, 0.3) is 0 Å². The first kappa shape index (κ1) is 28.6. The van der Waals surface area contributed by atoms with Gasteiger partial charge in [0.2, 0.25) is 0 Å². The summed E-state index contributed by atoms with van der Waals surface area (Å²) in [5.41, 5.74) is 4.13. The molecule has 0 unspecified atom stereocenters. The molecule has 5 aromatic rings. The molecule has 0 radical (unpaired) electrons. The maximum atomic E-state index is 14.4. The Balaban J connectivity index is 1.37. The largest absolute Gasteiger partial charge is 0.489 e. The lowest BCUT2D eigenvalue weighted by Crippen LogP contribution is -2.36. The van der Waals surface area contributed by atoms with Crippen molar-refractivity contribution in [1.82, 2.24) is 4.90 Å². The summed E-state index contributed by atoms with van der Waals surface area (Å²) in [5.74, 6) is -0.798. The van der Waals surface area contributed by atoms with Crippen LogP contribution in [0, 0.1) is 11.6 Å². The zero-order valence-electron chi connectivity index (χ0n) is 23.1. The molecule has 4 nitrogen and oxygen atoms in total. The summed E-state index contributed by atoms with van der Waals surface area (Å²) in [6, 6.07) is 40.5. The Morgan fingerprint density at radius 2 is 1.33 bits per heavy atom. The zero-order valence-corrected chi connectivity index (χ0v) is 23.1. The van der Waals surface area contributed by atoms with Gasteiger partial charge < -0.3 is 15.0 Å². The number of rotatable bonds is 11.